The van der Waals surface area contributed by atoms with E-state index in [4.69, 9.17) is 0 Å². The van der Waals surface area contributed by atoms with E-state index in [0.717, 1.165) is 47.2 Å². The number of rotatable bonds is 6. The van der Waals surface area contributed by atoms with Gasteiger partial charge in [0.15, 0.2) is 0 Å². The van der Waals surface area contributed by atoms with Crippen LogP contribution >= 0.6 is 0 Å². The van der Waals surface area contributed by atoms with E-state index >= 15 is 0 Å². The summed E-state index contributed by atoms with van der Waals surface area (Å²) in [5, 5.41) is 5.65. The van der Waals surface area contributed by atoms with Crippen LogP contribution in [0.15, 0.2) is 71.8 Å². The Morgan fingerprint density at radius 1 is 0.903 bits per heavy atom. The van der Waals surface area contributed by atoms with Gasteiger partial charge in [0, 0.05) is 29.9 Å². The smallest absolute Gasteiger partial charge is 0.255 e. The summed E-state index contributed by atoms with van der Waals surface area (Å²) in [5.74, 6) is 0. The average molecular weight is 413 g/mol. The van der Waals surface area contributed by atoms with Crippen LogP contribution in [0.3, 0.4) is 0 Å². The Morgan fingerprint density at radius 2 is 1.71 bits per heavy atom. The third-order valence-corrected chi connectivity index (χ3v) is 6.25. The third kappa shape index (κ3) is 4.19. The van der Waals surface area contributed by atoms with Crippen LogP contribution in [0.1, 0.15) is 24.8 Å². The first-order chi connectivity index (χ1) is 15.2. The number of aromatic nitrogens is 3. The highest BCUT2D eigenvalue weighted by atomic mass is 16.1. The van der Waals surface area contributed by atoms with Gasteiger partial charge in [-0.15, -0.1) is 0 Å². The van der Waals surface area contributed by atoms with E-state index in [0.29, 0.717) is 0 Å². The maximum Gasteiger partial charge on any atom is 0.255 e. The molecule has 0 spiro atoms. The summed E-state index contributed by atoms with van der Waals surface area (Å²) in [6, 6.07) is 18.1. The Balaban J connectivity index is 1.35. The quantitative estimate of drug-likeness (QED) is 0.463. The molecule has 1 aliphatic heterocycles. The summed E-state index contributed by atoms with van der Waals surface area (Å²) < 4.78 is 3.78. The van der Waals surface area contributed by atoms with Gasteiger partial charge in [0.25, 0.3) is 5.56 Å². The molecule has 1 fully saturated rings. The van der Waals surface area contributed by atoms with Crippen molar-refractivity contribution in [1.82, 2.24) is 19.2 Å². The average Bonchev–Trinajstić information content (AvgIpc) is 3.44. The minimum atomic E-state index is -0.0320. The second kappa shape index (κ2) is 8.52. The summed E-state index contributed by atoms with van der Waals surface area (Å²) in [5.41, 5.74) is 5.16. The van der Waals surface area contributed by atoms with Gasteiger partial charge in [-0.1, -0.05) is 29.8 Å². The van der Waals surface area contributed by atoms with Crippen LogP contribution < -0.4 is 5.56 Å². The number of hydrogen-bond donors (Lipinski definition) is 0. The van der Waals surface area contributed by atoms with Crippen LogP contribution in [-0.4, -0.2) is 38.9 Å². The molecule has 158 valence electrons. The topological polar surface area (TPSA) is 43.1 Å². The van der Waals surface area contributed by atoms with Crippen molar-refractivity contribution in [2.24, 2.45) is 0 Å². The van der Waals surface area contributed by atoms with Gasteiger partial charge in [-0.2, -0.15) is 5.10 Å². The fraction of sp³-hybridized carbons (Fsp3) is 0.308. The lowest BCUT2D eigenvalue weighted by molar-refractivity contribution is 0.323. The van der Waals surface area contributed by atoms with Gasteiger partial charge < -0.3 is 4.90 Å². The summed E-state index contributed by atoms with van der Waals surface area (Å²) in [6.45, 7) is 6.60. The third-order valence-electron chi connectivity index (χ3n) is 6.25. The summed E-state index contributed by atoms with van der Waals surface area (Å²) in [6.07, 6.45) is 7.54. The van der Waals surface area contributed by atoms with Crippen molar-refractivity contribution in [1.29, 1.82) is 0 Å². The van der Waals surface area contributed by atoms with Crippen molar-refractivity contribution in [3.8, 4) is 16.8 Å². The molecule has 0 atom stereocenters. The molecule has 5 rings (SSSR count). The van der Waals surface area contributed by atoms with Gasteiger partial charge in [-0.05, 0) is 81.2 Å². The Kier molecular flexibility index (Phi) is 5.43. The van der Waals surface area contributed by atoms with Gasteiger partial charge in [-0.25, -0.2) is 0 Å². The zero-order chi connectivity index (χ0) is 21.2. The molecule has 5 nitrogen and oxygen atoms in total. The first-order valence-electron chi connectivity index (χ1n) is 11.2. The molecule has 0 amide bonds. The molecular weight excluding hydrogens is 384 g/mol. The van der Waals surface area contributed by atoms with E-state index in [1.54, 1.807) is 10.6 Å². The largest absolute Gasteiger partial charge is 0.303 e. The number of fused-ring (bicyclic) bond motifs is 1. The molecule has 0 radical (unpaired) electrons. The van der Waals surface area contributed by atoms with E-state index in [1.165, 1.54) is 31.5 Å². The Hall–Kier alpha value is -3.18. The molecule has 2 aromatic heterocycles. The Morgan fingerprint density at radius 3 is 2.48 bits per heavy atom. The molecular formula is C26H28N4O. The molecule has 0 N–H and O–H groups in total. The highest BCUT2D eigenvalue weighted by Crippen LogP contribution is 2.21. The number of hydrogen-bond acceptors (Lipinski definition) is 3. The molecule has 5 heteroatoms. The second-order valence-corrected chi connectivity index (χ2v) is 8.50. The SMILES string of the molecule is Cc1ccc(-c2ccn(-c3ccc4c(cnn4CCCN4CCCC4)c3)c(=O)c2)cc1. The fourth-order valence-corrected chi connectivity index (χ4v) is 4.47. The monoisotopic (exact) mass is 412 g/mol. The zero-order valence-electron chi connectivity index (χ0n) is 18.0. The van der Waals surface area contributed by atoms with Crippen LogP contribution in [0.25, 0.3) is 27.7 Å². The number of nitrogens with zero attached hydrogens (tertiary/aromatic N) is 4. The molecule has 0 unspecified atom stereocenters. The highest BCUT2D eigenvalue weighted by molar-refractivity contribution is 5.81. The van der Waals surface area contributed by atoms with Crippen molar-refractivity contribution in [3.63, 3.8) is 0 Å². The fourth-order valence-electron chi connectivity index (χ4n) is 4.47. The summed E-state index contributed by atoms with van der Waals surface area (Å²) >= 11 is 0. The normalized spacial score (nSPS) is 14.5. The van der Waals surface area contributed by atoms with Gasteiger partial charge in [0.2, 0.25) is 0 Å². The summed E-state index contributed by atoms with van der Waals surface area (Å²) in [4.78, 5) is 15.4. The van der Waals surface area contributed by atoms with Gasteiger partial charge in [0.1, 0.15) is 0 Å². The predicted molar refractivity (Wildman–Crippen MR) is 126 cm³/mol. The Bertz CT molecular complexity index is 1250. The van der Waals surface area contributed by atoms with E-state index < -0.39 is 0 Å². The first kappa shape index (κ1) is 19.8. The maximum absolute atomic E-state index is 12.8. The molecule has 0 bridgehead atoms. The van der Waals surface area contributed by atoms with Crippen LogP contribution in [0.4, 0.5) is 0 Å². The standard InChI is InChI=1S/C26H28N4O/c1-20-5-7-21(8-6-20)22-11-16-29(26(31)18-22)24-9-10-25-23(17-24)19-27-30(25)15-4-14-28-12-2-3-13-28/h5-11,16-19H,2-4,12-15H2,1H3. The van der Waals surface area contributed by atoms with Crippen molar-refractivity contribution < 1.29 is 0 Å². The lowest BCUT2D eigenvalue weighted by Gasteiger charge is -2.14. The van der Waals surface area contributed by atoms with Crippen molar-refractivity contribution in [2.45, 2.75) is 32.7 Å². The van der Waals surface area contributed by atoms with E-state index in [1.807, 2.05) is 30.6 Å². The zero-order valence-corrected chi connectivity index (χ0v) is 18.0. The number of likely N-dealkylation sites (tertiary alicyclic amines) is 1. The predicted octanol–water partition coefficient (Wildman–Crippen LogP) is 4.65. The molecule has 4 aromatic rings. The van der Waals surface area contributed by atoms with Crippen molar-refractivity contribution >= 4 is 10.9 Å². The van der Waals surface area contributed by atoms with Crippen LogP contribution in [0.2, 0.25) is 0 Å². The minimum Gasteiger partial charge on any atom is -0.303 e. The summed E-state index contributed by atoms with van der Waals surface area (Å²) in [7, 11) is 0. The highest BCUT2D eigenvalue weighted by Gasteiger charge is 2.11. The van der Waals surface area contributed by atoms with E-state index in [2.05, 4.69) is 51.9 Å². The lowest BCUT2D eigenvalue weighted by atomic mass is 10.1. The molecule has 2 aromatic carbocycles. The molecule has 0 aliphatic carbocycles. The van der Waals surface area contributed by atoms with Crippen LogP contribution in [0.5, 0.6) is 0 Å². The molecule has 3 heterocycles. The van der Waals surface area contributed by atoms with Gasteiger partial charge in [-0.3, -0.25) is 14.0 Å². The lowest BCUT2D eigenvalue weighted by Crippen LogP contribution is -2.21. The maximum atomic E-state index is 12.8. The molecule has 1 saturated heterocycles. The minimum absolute atomic E-state index is 0.0320. The Labute approximate surface area is 182 Å². The van der Waals surface area contributed by atoms with Crippen LogP contribution in [-0.2, 0) is 6.54 Å². The first-order valence-corrected chi connectivity index (χ1v) is 11.2. The van der Waals surface area contributed by atoms with Gasteiger partial charge in [0.05, 0.1) is 11.7 Å². The van der Waals surface area contributed by atoms with E-state index in [9.17, 15) is 4.79 Å². The molecule has 0 saturated carbocycles. The second-order valence-electron chi connectivity index (χ2n) is 8.50. The molecule has 31 heavy (non-hydrogen) atoms. The van der Waals surface area contributed by atoms with Crippen molar-refractivity contribution in [2.75, 3.05) is 19.6 Å². The van der Waals surface area contributed by atoms with Crippen LogP contribution in [0, 0.1) is 6.92 Å². The van der Waals surface area contributed by atoms with Gasteiger partial charge >= 0.3 is 0 Å². The van der Waals surface area contributed by atoms with Crippen molar-refractivity contribution in [3.05, 3.63) is 82.9 Å². The number of benzene rings is 2. The number of pyridine rings is 1. The molecule has 1 aliphatic rings. The number of aryl methyl sites for hydroxylation is 2. The van der Waals surface area contributed by atoms with E-state index in [-0.39, 0.29) is 5.56 Å².